The average Bonchev–Trinajstić information content (AvgIpc) is 3.20. The number of methoxy groups -OCH3 is 1. The largest absolute Gasteiger partial charge is 0.493 e. The number of amides is 1. The molecule has 138 valence electrons. The molecule has 27 heavy (non-hydrogen) atoms. The van der Waals surface area contributed by atoms with Gasteiger partial charge in [0.05, 0.1) is 19.7 Å². The Hall–Kier alpha value is -3.12. The van der Waals surface area contributed by atoms with Crippen LogP contribution in [0.2, 0.25) is 0 Å². The molecule has 1 heterocycles. The van der Waals surface area contributed by atoms with E-state index in [-0.39, 0.29) is 5.91 Å². The molecule has 1 aromatic heterocycles. The van der Waals surface area contributed by atoms with Gasteiger partial charge >= 0.3 is 0 Å². The van der Waals surface area contributed by atoms with Crippen molar-refractivity contribution < 1.29 is 14.3 Å². The molecule has 0 saturated carbocycles. The van der Waals surface area contributed by atoms with Gasteiger partial charge in [-0.2, -0.15) is 5.10 Å². The lowest BCUT2D eigenvalue weighted by molar-refractivity contribution is -0.120. The van der Waals surface area contributed by atoms with Crippen LogP contribution in [0.3, 0.4) is 0 Å². The van der Waals surface area contributed by atoms with Crippen molar-refractivity contribution in [2.45, 2.75) is 13.0 Å². The highest BCUT2D eigenvalue weighted by molar-refractivity contribution is 7.10. The van der Waals surface area contributed by atoms with E-state index in [9.17, 15) is 4.79 Å². The van der Waals surface area contributed by atoms with E-state index in [1.807, 2.05) is 66.0 Å². The molecule has 1 N–H and O–H groups in total. The molecule has 0 atom stereocenters. The quantitative estimate of drug-likeness (QED) is 0.474. The van der Waals surface area contributed by atoms with E-state index in [0.29, 0.717) is 24.5 Å². The van der Waals surface area contributed by atoms with Gasteiger partial charge in [-0.3, -0.25) is 4.79 Å². The van der Waals surface area contributed by atoms with Gasteiger partial charge in [-0.15, -0.1) is 11.3 Å². The van der Waals surface area contributed by atoms with Crippen LogP contribution in [0, 0.1) is 0 Å². The summed E-state index contributed by atoms with van der Waals surface area (Å²) in [6, 6.07) is 19.3. The van der Waals surface area contributed by atoms with E-state index < -0.39 is 0 Å². The second-order valence-corrected chi connectivity index (χ2v) is 6.77. The maximum Gasteiger partial charge on any atom is 0.245 e. The lowest BCUT2D eigenvalue weighted by atomic mass is 10.2. The summed E-state index contributed by atoms with van der Waals surface area (Å²) in [6.07, 6.45) is 1.90. The maximum atomic E-state index is 11.8. The van der Waals surface area contributed by atoms with Crippen molar-refractivity contribution in [1.82, 2.24) is 5.43 Å². The van der Waals surface area contributed by atoms with E-state index >= 15 is 0 Å². The van der Waals surface area contributed by atoms with Crippen molar-refractivity contribution in [3.05, 3.63) is 82.0 Å². The Morgan fingerprint density at radius 3 is 2.70 bits per heavy atom. The fraction of sp³-hybridized carbons (Fsp3) is 0.143. The first kappa shape index (κ1) is 18.7. The number of nitrogens with zero attached hydrogens (tertiary/aromatic N) is 1. The summed E-state index contributed by atoms with van der Waals surface area (Å²) in [7, 11) is 1.59. The van der Waals surface area contributed by atoms with E-state index in [0.717, 1.165) is 16.0 Å². The Labute approximate surface area is 162 Å². The molecular formula is C21H20N2O3S. The molecule has 0 aliphatic rings. The van der Waals surface area contributed by atoms with Gasteiger partial charge in [0.25, 0.3) is 0 Å². The third-order valence-electron chi connectivity index (χ3n) is 3.74. The topological polar surface area (TPSA) is 59.9 Å². The smallest absolute Gasteiger partial charge is 0.245 e. The number of benzene rings is 2. The van der Waals surface area contributed by atoms with Crippen LogP contribution in [0.1, 0.15) is 16.0 Å². The first-order chi connectivity index (χ1) is 13.2. The predicted molar refractivity (Wildman–Crippen MR) is 108 cm³/mol. The van der Waals surface area contributed by atoms with Gasteiger partial charge in [0.2, 0.25) is 5.91 Å². The minimum absolute atomic E-state index is 0.150. The van der Waals surface area contributed by atoms with Crippen molar-refractivity contribution in [3.63, 3.8) is 0 Å². The first-order valence-electron chi connectivity index (χ1n) is 8.43. The van der Waals surface area contributed by atoms with Crippen molar-refractivity contribution in [3.8, 4) is 11.5 Å². The van der Waals surface area contributed by atoms with Crippen LogP contribution in [0.5, 0.6) is 11.5 Å². The van der Waals surface area contributed by atoms with Gasteiger partial charge in [0.15, 0.2) is 11.5 Å². The number of carbonyl (C=O) groups is 1. The van der Waals surface area contributed by atoms with Crippen LogP contribution in [-0.4, -0.2) is 19.2 Å². The SMILES string of the molecule is COc1cc(C=NNC(=O)Cc2cccs2)ccc1OCc1ccccc1. The second kappa shape index (κ2) is 9.54. The number of thiophene rings is 1. The van der Waals surface area contributed by atoms with Gasteiger partial charge in [-0.1, -0.05) is 36.4 Å². The molecule has 0 unspecified atom stereocenters. The van der Waals surface area contributed by atoms with Crippen molar-refractivity contribution in [2.75, 3.05) is 7.11 Å². The number of nitrogens with one attached hydrogen (secondary N) is 1. The molecule has 2 aromatic carbocycles. The minimum atomic E-state index is -0.150. The number of rotatable bonds is 8. The highest BCUT2D eigenvalue weighted by Crippen LogP contribution is 2.28. The van der Waals surface area contributed by atoms with Gasteiger partial charge < -0.3 is 9.47 Å². The number of ether oxygens (including phenoxy) is 2. The number of hydrogen-bond donors (Lipinski definition) is 1. The monoisotopic (exact) mass is 380 g/mol. The number of hydrazone groups is 1. The summed E-state index contributed by atoms with van der Waals surface area (Å²) in [4.78, 5) is 12.8. The molecule has 0 fully saturated rings. The van der Waals surface area contributed by atoms with Crippen LogP contribution in [0.15, 0.2) is 71.1 Å². The van der Waals surface area contributed by atoms with Crippen LogP contribution in [0.25, 0.3) is 0 Å². The predicted octanol–water partition coefficient (Wildman–Crippen LogP) is 4.03. The Morgan fingerprint density at radius 1 is 1.11 bits per heavy atom. The standard InChI is InChI=1S/C21H20N2O3S/c1-25-20-12-17(14-22-23-21(24)13-18-8-5-11-27-18)9-10-19(20)26-15-16-6-3-2-4-7-16/h2-12,14H,13,15H2,1H3,(H,23,24). The molecule has 6 heteroatoms. The lowest BCUT2D eigenvalue weighted by Gasteiger charge is -2.11. The zero-order valence-electron chi connectivity index (χ0n) is 14.9. The summed E-state index contributed by atoms with van der Waals surface area (Å²) in [5.74, 6) is 1.11. The molecule has 5 nitrogen and oxygen atoms in total. The third kappa shape index (κ3) is 5.69. The van der Waals surface area contributed by atoms with Crippen molar-refractivity contribution in [2.24, 2.45) is 5.10 Å². The maximum absolute atomic E-state index is 11.8. The Bertz CT molecular complexity index is 893. The van der Waals surface area contributed by atoms with E-state index in [4.69, 9.17) is 9.47 Å². The van der Waals surface area contributed by atoms with Crippen LogP contribution < -0.4 is 14.9 Å². The minimum Gasteiger partial charge on any atom is -0.493 e. The Morgan fingerprint density at radius 2 is 1.96 bits per heavy atom. The molecule has 3 rings (SSSR count). The lowest BCUT2D eigenvalue weighted by Crippen LogP contribution is -2.19. The van der Waals surface area contributed by atoms with Crippen LogP contribution >= 0.6 is 11.3 Å². The summed E-state index contributed by atoms with van der Waals surface area (Å²) in [5.41, 5.74) is 4.42. The van der Waals surface area contributed by atoms with Gasteiger partial charge in [-0.25, -0.2) is 5.43 Å². The van der Waals surface area contributed by atoms with Gasteiger partial charge in [0, 0.05) is 4.88 Å². The average molecular weight is 380 g/mol. The molecule has 0 radical (unpaired) electrons. The van der Waals surface area contributed by atoms with Crippen LogP contribution in [-0.2, 0) is 17.8 Å². The zero-order valence-corrected chi connectivity index (χ0v) is 15.7. The molecule has 3 aromatic rings. The normalized spacial score (nSPS) is 10.7. The molecule has 0 saturated heterocycles. The fourth-order valence-electron chi connectivity index (χ4n) is 2.41. The van der Waals surface area contributed by atoms with E-state index in [1.54, 1.807) is 24.7 Å². The summed E-state index contributed by atoms with van der Waals surface area (Å²) in [6.45, 7) is 0.462. The van der Waals surface area contributed by atoms with E-state index in [2.05, 4.69) is 10.5 Å². The summed E-state index contributed by atoms with van der Waals surface area (Å²) >= 11 is 1.55. The van der Waals surface area contributed by atoms with Gasteiger partial charge in [0.1, 0.15) is 6.61 Å². The molecule has 1 amide bonds. The van der Waals surface area contributed by atoms with E-state index in [1.165, 1.54) is 0 Å². The molecular weight excluding hydrogens is 360 g/mol. The summed E-state index contributed by atoms with van der Waals surface area (Å²) in [5, 5.41) is 5.95. The highest BCUT2D eigenvalue weighted by Gasteiger charge is 2.06. The number of hydrogen-bond acceptors (Lipinski definition) is 5. The Kier molecular flexibility index (Phi) is 6.60. The number of carbonyl (C=O) groups excluding carboxylic acids is 1. The molecule has 0 aliphatic heterocycles. The molecule has 0 aliphatic carbocycles. The van der Waals surface area contributed by atoms with Crippen LogP contribution in [0.4, 0.5) is 0 Å². The highest BCUT2D eigenvalue weighted by atomic mass is 32.1. The third-order valence-corrected chi connectivity index (χ3v) is 4.62. The molecule has 0 bridgehead atoms. The molecule has 0 spiro atoms. The van der Waals surface area contributed by atoms with Crippen molar-refractivity contribution >= 4 is 23.5 Å². The van der Waals surface area contributed by atoms with Gasteiger partial charge in [-0.05, 0) is 40.8 Å². The fourth-order valence-corrected chi connectivity index (χ4v) is 3.11. The zero-order chi connectivity index (χ0) is 18.9. The first-order valence-corrected chi connectivity index (χ1v) is 9.31. The Balaban J connectivity index is 1.57. The second-order valence-electron chi connectivity index (χ2n) is 5.73. The van der Waals surface area contributed by atoms with Crippen molar-refractivity contribution in [1.29, 1.82) is 0 Å². The summed E-state index contributed by atoms with van der Waals surface area (Å²) < 4.78 is 11.2.